The zero-order valence-corrected chi connectivity index (χ0v) is 15.7. The number of hydrogen-bond donors (Lipinski definition) is 3. The van der Waals surface area contributed by atoms with Crippen molar-refractivity contribution < 1.29 is 9.90 Å². The van der Waals surface area contributed by atoms with Gasteiger partial charge in [0.25, 0.3) is 5.56 Å². The maximum Gasteiger partial charge on any atom is 0.335 e. The highest BCUT2D eigenvalue weighted by molar-refractivity contribution is 6.02. The Morgan fingerprint density at radius 3 is 2.59 bits per heavy atom. The summed E-state index contributed by atoms with van der Waals surface area (Å²) in [4.78, 5) is 38.6. The Labute approximate surface area is 156 Å². The van der Waals surface area contributed by atoms with Crippen molar-refractivity contribution in [2.24, 2.45) is 5.10 Å². The van der Waals surface area contributed by atoms with Crippen molar-refractivity contribution in [3.8, 4) is 11.6 Å². The number of hydrazone groups is 1. The van der Waals surface area contributed by atoms with Crippen molar-refractivity contribution >= 4 is 11.6 Å². The minimum absolute atomic E-state index is 0.142. The van der Waals surface area contributed by atoms with Crippen LogP contribution >= 0.6 is 0 Å². The Morgan fingerprint density at radius 2 is 1.96 bits per heavy atom. The first-order valence-corrected chi connectivity index (χ1v) is 8.90. The number of aryl methyl sites for hydroxylation is 1. The van der Waals surface area contributed by atoms with Crippen LogP contribution in [-0.2, 0) is 4.79 Å². The van der Waals surface area contributed by atoms with Crippen LogP contribution in [0.3, 0.4) is 0 Å². The third kappa shape index (κ3) is 4.52. The van der Waals surface area contributed by atoms with Gasteiger partial charge in [0.15, 0.2) is 0 Å². The first kappa shape index (κ1) is 20.2. The number of rotatable bonds is 7. The maximum atomic E-state index is 12.3. The monoisotopic (exact) mass is 372 g/mol. The van der Waals surface area contributed by atoms with Crippen LogP contribution in [0, 0.1) is 6.92 Å². The zero-order valence-electron chi connectivity index (χ0n) is 15.7. The summed E-state index contributed by atoms with van der Waals surface area (Å²) in [6.07, 6.45) is 2.20. The SMILES string of the molecule is CCCCC(=O)NN=C(CC)c1c(O)n(-c2ccccc2C)c(=O)[nH]c1=O. The van der Waals surface area contributed by atoms with E-state index in [2.05, 4.69) is 15.5 Å². The van der Waals surface area contributed by atoms with E-state index in [0.717, 1.165) is 23.0 Å². The minimum atomic E-state index is -0.759. The quantitative estimate of drug-likeness (QED) is 0.509. The molecular formula is C19H24N4O4. The largest absolute Gasteiger partial charge is 0.493 e. The average molecular weight is 372 g/mol. The Bertz CT molecular complexity index is 972. The summed E-state index contributed by atoms with van der Waals surface area (Å²) in [7, 11) is 0. The van der Waals surface area contributed by atoms with E-state index < -0.39 is 17.1 Å². The van der Waals surface area contributed by atoms with Gasteiger partial charge < -0.3 is 5.11 Å². The van der Waals surface area contributed by atoms with E-state index in [1.807, 2.05) is 6.92 Å². The molecule has 0 radical (unpaired) electrons. The van der Waals surface area contributed by atoms with E-state index in [4.69, 9.17) is 0 Å². The van der Waals surface area contributed by atoms with Gasteiger partial charge in [-0.05, 0) is 31.4 Å². The van der Waals surface area contributed by atoms with E-state index >= 15 is 0 Å². The van der Waals surface area contributed by atoms with Gasteiger partial charge in [0.2, 0.25) is 11.8 Å². The zero-order chi connectivity index (χ0) is 20.0. The molecule has 1 aromatic heterocycles. The van der Waals surface area contributed by atoms with E-state index in [0.29, 0.717) is 12.1 Å². The highest BCUT2D eigenvalue weighted by atomic mass is 16.3. The molecule has 0 aliphatic carbocycles. The molecule has 8 nitrogen and oxygen atoms in total. The number of nitrogens with one attached hydrogen (secondary N) is 2. The van der Waals surface area contributed by atoms with Gasteiger partial charge in [0.05, 0.1) is 11.4 Å². The molecule has 2 rings (SSSR count). The number of para-hydroxylation sites is 1. The molecule has 144 valence electrons. The molecular weight excluding hydrogens is 348 g/mol. The van der Waals surface area contributed by atoms with Gasteiger partial charge in [0, 0.05) is 6.42 Å². The second-order valence-corrected chi connectivity index (χ2v) is 6.13. The fraction of sp³-hybridized carbons (Fsp3) is 0.368. The van der Waals surface area contributed by atoms with Gasteiger partial charge in [-0.25, -0.2) is 14.8 Å². The lowest BCUT2D eigenvalue weighted by atomic mass is 10.1. The van der Waals surface area contributed by atoms with Crippen molar-refractivity contribution in [1.82, 2.24) is 15.0 Å². The highest BCUT2D eigenvalue weighted by Crippen LogP contribution is 2.20. The predicted molar refractivity (Wildman–Crippen MR) is 104 cm³/mol. The molecule has 0 saturated heterocycles. The van der Waals surface area contributed by atoms with Crippen LogP contribution in [0.5, 0.6) is 5.88 Å². The number of hydrogen-bond acceptors (Lipinski definition) is 5. The molecule has 27 heavy (non-hydrogen) atoms. The number of aromatic hydroxyl groups is 1. The average Bonchev–Trinajstić information content (AvgIpc) is 2.63. The van der Waals surface area contributed by atoms with Crippen LogP contribution in [0.25, 0.3) is 5.69 Å². The van der Waals surface area contributed by atoms with Gasteiger partial charge in [-0.3, -0.25) is 14.6 Å². The van der Waals surface area contributed by atoms with E-state index in [-0.39, 0.29) is 23.6 Å². The molecule has 1 heterocycles. The second kappa shape index (κ2) is 8.98. The number of carbonyl (C=O) groups is 1. The van der Waals surface area contributed by atoms with Gasteiger partial charge in [-0.15, -0.1) is 0 Å². The van der Waals surface area contributed by atoms with E-state index in [1.165, 1.54) is 0 Å². The molecule has 0 fully saturated rings. The number of amides is 1. The van der Waals surface area contributed by atoms with Crippen LogP contribution < -0.4 is 16.7 Å². The van der Waals surface area contributed by atoms with Gasteiger partial charge >= 0.3 is 5.69 Å². The summed E-state index contributed by atoms with van der Waals surface area (Å²) >= 11 is 0. The van der Waals surface area contributed by atoms with Crippen molar-refractivity contribution in [3.05, 3.63) is 56.2 Å². The fourth-order valence-electron chi connectivity index (χ4n) is 2.66. The van der Waals surface area contributed by atoms with Crippen LogP contribution in [0.15, 0.2) is 39.0 Å². The van der Waals surface area contributed by atoms with Gasteiger partial charge in [-0.1, -0.05) is 38.5 Å². The Morgan fingerprint density at radius 1 is 1.26 bits per heavy atom. The van der Waals surface area contributed by atoms with Crippen LogP contribution in [0.2, 0.25) is 0 Å². The summed E-state index contributed by atoms with van der Waals surface area (Å²) < 4.78 is 1.02. The van der Waals surface area contributed by atoms with Gasteiger partial charge in [0.1, 0.15) is 5.56 Å². The van der Waals surface area contributed by atoms with Crippen LogP contribution in [0.4, 0.5) is 0 Å². The van der Waals surface area contributed by atoms with Crippen molar-refractivity contribution in [1.29, 1.82) is 0 Å². The Hall–Kier alpha value is -3.16. The van der Waals surface area contributed by atoms with Crippen molar-refractivity contribution in [2.75, 3.05) is 0 Å². The standard InChI is InChI=1S/C19H24N4O4/c1-4-6-11-15(24)22-21-13(5-2)16-17(25)20-19(27)23(18(16)26)14-10-8-7-9-12(14)3/h7-10,26H,4-6,11H2,1-3H3,(H,22,24)(H,20,25,27). The third-order valence-electron chi connectivity index (χ3n) is 4.14. The molecule has 0 aliphatic rings. The van der Waals surface area contributed by atoms with E-state index in [1.54, 1.807) is 38.1 Å². The first-order chi connectivity index (χ1) is 12.9. The summed E-state index contributed by atoms with van der Waals surface area (Å²) in [6.45, 7) is 5.49. The number of carbonyl (C=O) groups excluding carboxylic acids is 1. The number of aromatic nitrogens is 2. The number of nitrogens with zero attached hydrogens (tertiary/aromatic N) is 2. The fourth-order valence-corrected chi connectivity index (χ4v) is 2.66. The summed E-state index contributed by atoms with van der Waals surface area (Å²) in [5.74, 6) is -0.785. The van der Waals surface area contributed by atoms with Crippen LogP contribution in [-0.4, -0.2) is 26.3 Å². The molecule has 0 bridgehead atoms. The molecule has 0 unspecified atom stereocenters. The van der Waals surface area contributed by atoms with Crippen molar-refractivity contribution in [3.63, 3.8) is 0 Å². The normalized spacial score (nSPS) is 11.4. The smallest absolute Gasteiger partial charge is 0.335 e. The molecule has 0 spiro atoms. The molecule has 0 atom stereocenters. The van der Waals surface area contributed by atoms with E-state index in [9.17, 15) is 19.5 Å². The lowest BCUT2D eigenvalue weighted by Gasteiger charge is -2.14. The number of unbranched alkanes of at least 4 members (excludes halogenated alkanes) is 1. The summed E-state index contributed by atoms with van der Waals surface area (Å²) in [5.41, 5.74) is 2.12. The van der Waals surface area contributed by atoms with Gasteiger partial charge in [-0.2, -0.15) is 5.10 Å². The van der Waals surface area contributed by atoms with Crippen molar-refractivity contribution in [2.45, 2.75) is 46.5 Å². The third-order valence-corrected chi connectivity index (χ3v) is 4.14. The molecule has 8 heteroatoms. The first-order valence-electron chi connectivity index (χ1n) is 8.90. The molecule has 0 aliphatic heterocycles. The Kier molecular flexibility index (Phi) is 6.70. The topological polar surface area (TPSA) is 117 Å². The number of aromatic amines is 1. The Balaban J connectivity index is 2.55. The number of H-pyrrole nitrogens is 1. The molecule has 1 amide bonds. The highest BCUT2D eigenvalue weighted by Gasteiger charge is 2.20. The predicted octanol–water partition coefficient (Wildman–Crippen LogP) is 1.96. The minimum Gasteiger partial charge on any atom is -0.493 e. The molecule has 2 aromatic rings. The maximum absolute atomic E-state index is 12.3. The van der Waals surface area contributed by atoms with Crippen LogP contribution in [0.1, 0.15) is 50.7 Å². The molecule has 0 saturated carbocycles. The lowest BCUT2D eigenvalue weighted by molar-refractivity contribution is -0.121. The molecule has 1 aromatic carbocycles. The summed E-state index contributed by atoms with van der Waals surface area (Å²) in [6, 6.07) is 6.97. The summed E-state index contributed by atoms with van der Waals surface area (Å²) in [5, 5.41) is 14.7. The number of benzene rings is 1. The lowest BCUT2D eigenvalue weighted by Crippen LogP contribution is -2.34. The second-order valence-electron chi connectivity index (χ2n) is 6.13. The molecule has 3 N–H and O–H groups in total.